The van der Waals surface area contributed by atoms with Gasteiger partial charge in [0.15, 0.2) is 0 Å². The summed E-state index contributed by atoms with van der Waals surface area (Å²) < 4.78 is 26.4. The van der Waals surface area contributed by atoms with Gasteiger partial charge in [0, 0.05) is 12.3 Å². The van der Waals surface area contributed by atoms with Crippen molar-refractivity contribution in [1.82, 2.24) is 4.72 Å². The topological polar surface area (TPSA) is 72.2 Å². The van der Waals surface area contributed by atoms with E-state index in [1.165, 1.54) is 17.8 Å². The van der Waals surface area contributed by atoms with Crippen LogP contribution in [0.15, 0.2) is 23.1 Å². The van der Waals surface area contributed by atoms with Gasteiger partial charge >= 0.3 is 0 Å². The Labute approximate surface area is 112 Å². The molecule has 1 aromatic carbocycles. The van der Waals surface area contributed by atoms with E-state index in [1.54, 1.807) is 12.1 Å². The maximum absolute atomic E-state index is 12.0. The minimum absolute atomic E-state index is 0.120. The molecular weight excluding hydrogens is 268 g/mol. The number of nitrogens with two attached hydrogens (primary N) is 1. The van der Waals surface area contributed by atoms with Crippen LogP contribution in [-0.4, -0.2) is 26.5 Å². The molecule has 4 nitrogen and oxygen atoms in total. The van der Waals surface area contributed by atoms with E-state index in [2.05, 4.69) is 10.6 Å². The summed E-state index contributed by atoms with van der Waals surface area (Å²) in [7, 11) is -3.53. The van der Waals surface area contributed by atoms with Crippen LogP contribution in [0.2, 0.25) is 0 Å². The van der Waals surface area contributed by atoms with Gasteiger partial charge in [-0.25, -0.2) is 13.1 Å². The van der Waals surface area contributed by atoms with E-state index in [0.717, 1.165) is 5.56 Å². The summed E-state index contributed by atoms with van der Waals surface area (Å²) in [4.78, 5) is 0.120. The number of benzene rings is 1. The molecule has 1 aromatic rings. The maximum atomic E-state index is 12.0. The van der Waals surface area contributed by atoms with Crippen LogP contribution in [0.25, 0.3) is 0 Å². The van der Waals surface area contributed by atoms with E-state index in [1.807, 2.05) is 6.92 Å². The summed E-state index contributed by atoms with van der Waals surface area (Å²) in [5.74, 6) is 3.69. The van der Waals surface area contributed by atoms with Crippen LogP contribution < -0.4 is 10.5 Å². The fourth-order valence-electron chi connectivity index (χ4n) is 1.37. The van der Waals surface area contributed by atoms with Gasteiger partial charge in [0.2, 0.25) is 10.0 Å². The van der Waals surface area contributed by atoms with Crippen LogP contribution in [0.3, 0.4) is 0 Å². The number of sulfonamides is 1. The van der Waals surface area contributed by atoms with E-state index in [4.69, 9.17) is 12.2 Å². The van der Waals surface area contributed by atoms with E-state index < -0.39 is 10.0 Å². The zero-order valence-corrected chi connectivity index (χ0v) is 11.8. The largest absolute Gasteiger partial charge is 0.398 e. The molecule has 0 heterocycles. The first-order valence-electron chi connectivity index (χ1n) is 5.34. The number of thioether (sulfide) groups is 1. The summed E-state index contributed by atoms with van der Waals surface area (Å²) >= 11 is 1.50. The van der Waals surface area contributed by atoms with Gasteiger partial charge in [0.05, 0.1) is 11.4 Å². The quantitative estimate of drug-likeness (QED) is 0.468. The number of anilines is 1. The van der Waals surface area contributed by atoms with E-state index >= 15 is 0 Å². The Morgan fingerprint density at radius 3 is 2.83 bits per heavy atom. The van der Waals surface area contributed by atoms with Crippen molar-refractivity contribution in [2.45, 2.75) is 11.8 Å². The number of terminal acetylenes is 1. The maximum Gasteiger partial charge on any atom is 0.242 e. The molecule has 1 rings (SSSR count). The summed E-state index contributed by atoms with van der Waals surface area (Å²) in [5, 5.41) is 0. The Morgan fingerprint density at radius 1 is 1.50 bits per heavy atom. The molecule has 0 bridgehead atoms. The van der Waals surface area contributed by atoms with Crippen molar-refractivity contribution in [2.75, 3.05) is 23.8 Å². The lowest BCUT2D eigenvalue weighted by atomic mass is 10.2. The van der Waals surface area contributed by atoms with Gasteiger partial charge < -0.3 is 5.73 Å². The number of rotatable bonds is 6. The minimum Gasteiger partial charge on any atom is -0.398 e. The van der Waals surface area contributed by atoms with Crippen LogP contribution in [0.4, 0.5) is 5.69 Å². The fourth-order valence-corrected chi connectivity index (χ4v) is 3.15. The number of nitrogen functional groups attached to an aromatic ring is 1. The van der Waals surface area contributed by atoms with E-state index in [9.17, 15) is 8.42 Å². The van der Waals surface area contributed by atoms with Gasteiger partial charge in [0.1, 0.15) is 4.90 Å². The van der Waals surface area contributed by atoms with Crippen LogP contribution in [0.5, 0.6) is 0 Å². The first-order chi connectivity index (χ1) is 8.47. The number of hydrogen-bond donors (Lipinski definition) is 2. The summed E-state index contributed by atoms with van der Waals surface area (Å²) in [6.45, 7) is 2.19. The normalized spacial score (nSPS) is 11.1. The van der Waals surface area contributed by atoms with Crippen molar-refractivity contribution >= 4 is 27.5 Å². The zero-order valence-electron chi connectivity index (χ0n) is 10.1. The molecule has 3 N–H and O–H groups in total. The molecule has 0 saturated carbocycles. The second-order valence-electron chi connectivity index (χ2n) is 3.70. The molecule has 6 heteroatoms. The molecule has 0 atom stereocenters. The molecule has 0 aromatic heterocycles. The Morgan fingerprint density at radius 2 is 2.22 bits per heavy atom. The average molecular weight is 284 g/mol. The summed E-state index contributed by atoms with van der Waals surface area (Å²) in [6.07, 6.45) is 5.10. The third-order valence-electron chi connectivity index (χ3n) is 2.18. The highest BCUT2D eigenvalue weighted by Gasteiger charge is 2.16. The predicted octanol–water partition coefficient (Wildman–Crippen LogP) is 1.22. The van der Waals surface area contributed by atoms with Crippen molar-refractivity contribution < 1.29 is 8.42 Å². The smallest absolute Gasteiger partial charge is 0.242 e. The zero-order chi connectivity index (χ0) is 13.6. The van der Waals surface area contributed by atoms with Gasteiger partial charge in [-0.1, -0.05) is 12.0 Å². The highest BCUT2D eigenvalue weighted by Crippen LogP contribution is 2.19. The van der Waals surface area contributed by atoms with Crippen molar-refractivity contribution in [3.8, 4) is 12.3 Å². The number of hydrogen-bond acceptors (Lipinski definition) is 4. The second kappa shape index (κ2) is 6.69. The van der Waals surface area contributed by atoms with Gasteiger partial charge in [-0.3, -0.25) is 0 Å². The molecule has 0 unspecified atom stereocenters. The minimum atomic E-state index is -3.53. The standard InChI is InChI=1S/C12H16N2O2S2/c1-3-7-17-8-6-14-18(15,16)12-5-4-10(2)9-11(12)13/h1,4-5,9,14H,6-8,13H2,2H3. The summed E-state index contributed by atoms with van der Waals surface area (Å²) in [5.41, 5.74) is 6.90. The molecule has 0 aliphatic rings. The van der Waals surface area contributed by atoms with Crippen molar-refractivity contribution in [1.29, 1.82) is 0 Å². The molecule has 0 radical (unpaired) electrons. The average Bonchev–Trinajstić information content (AvgIpc) is 2.28. The van der Waals surface area contributed by atoms with E-state index in [0.29, 0.717) is 18.1 Å². The number of aryl methyl sites for hydroxylation is 1. The molecule has 0 saturated heterocycles. The fraction of sp³-hybridized carbons (Fsp3) is 0.333. The summed E-state index contributed by atoms with van der Waals surface area (Å²) in [6, 6.07) is 4.88. The molecule has 0 aliphatic heterocycles. The van der Waals surface area contributed by atoms with Crippen molar-refractivity contribution in [3.63, 3.8) is 0 Å². The van der Waals surface area contributed by atoms with Crippen molar-refractivity contribution in [3.05, 3.63) is 23.8 Å². The molecule has 0 aliphatic carbocycles. The Bertz CT molecular complexity index is 548. The molecule has 0 fully saturated rings. The predicted molar refractivity (Wildman–Crippen MR) is 76.9 cm³/mol. The Balaban J connectivity index is 2.66. The molecule has 0 spiro atoms. The van der Waals surface area contributed by atoms with Crippen molar-refractivity contribution in [2.24, 2.45) is 0 Å². The highest BCUT2D eigenvalue weighted by molar-refractivity contribution is 7.99. The second-order valence-corrected chi connectivity index (χ2v) is 6.54. The van der Waals surface area contributed by atoms with Gasteiger partial charge in [-0.2, -0.15) is 0 Å². The molecule has 98 valence electrons. The van der Waals surface area contributed by atoms with Gasteiger partial charge in [-0.15, -0.1) is 18.2 Å². The molecule has 0 amide bonds. The molecule has 18 heavy (non-hydrogen) atoms. The molecular formula is C12H16N2O2S2. The first-order valence-corrected chi connectivity index (χ1v) is 7.98. The van der Waals surface area contributed by atoms with Crippen LogP contribution in [0.1, 0.15) is 5.56 Å². The number of nitrogens with one attached hydrogen (secondary N) is 1. The lowest BCUT2D eigenvalue weighted by Crippen LogP contribution is -2.26. The first kappa shape index (κ1) is 14.9. The highest BCUT2D eigenvalue weighted by atomic mass is 32.2. The van der Waals surface area contributed by atoms with Crippen LogP contribution >= 0.6 is 11.8 Å². The van der Waals surface area contributed by atoms with Crippen LogP contribution in [0, 0.1) is 19.3 Å². The van der Waals surface area contributed by atoms with E-state index in [-0.39, 0.29) is 10.6 Å². The SMILES string of the molecule is C#CCSCCNS(=O)(=O)c1ccc(C)cc1N. The monoisotopic (exact) mass is 284 g/mol. The lowest BCUT2D eigenvalue weighted by molar-refractivity contribution is 0.584. The van der Waals surface area contributed by atoms with Crippen LogP contribution in [-0.2, 0) is 10.0 Å². The van der Waals surface area contributed by atoms with Gasteiger partial charge in [0.25, 0.3) is 0 Å². The third kappa shape index (κ3) is 4.26. The lowest BCUT2D eigenvalue weighted by Gasteiger charge is -2.09. The Hall–Kier alpha value is -1.16. The third-order valence-corrected chi connectivity index (χ3v) is 4.58. The Kier molecular flexibility index (Phi) is 5.54. The van der Waals surface area contributed by atoms with Gasteiger partial charge in [-0.05, 0) is 24.6 Å².